The predicted molar refractivity (Wildman–Crippen MR) is 71.0 cm³/mol. The second-order valence-electron chi connectivity index (χ2n) is 6.05. The number of nitrogens with zero attached hydrogens (tertiary/aromatic N) is 1. The number of rotatable bonds is 4. The lowest BCUT2D eigenvalue weighted by Gasteiger charge is -2.37. The van der Waals surface area contributed by atoms with Gasteiger partial charge in [-0.05, 0) is 38.3 Å². The topological polar surface area (TPSA) is 38.5 Å². The number of hydrogen-bond donors (Lipinski definition) is 1. The van der Waals surface area contributed by atoms with E-state index < -0.39 is 0 Å². The third-order valence-corrected chi connectivity index (χ3v) is 4.71. The van der Waals surface area contributed by atoms with Crippen molar-refractivity contribution in [1.82, 2.24) is 4.90 Å². The Balaban J connectivity index is 1.92. The van der Waals surface area contributed by atoms with E-state index in [9.17, 15) is 0 Å². The SMILES string of the molecule is CN(CC1(CN)CCCCCC1)C1CCOC1. The summed E-state index contributed by atoms with van der Waals surface area (Å²) in [7, 11) is 2.25. The van der Waals surface area contributed by atoms with E-state index in [1.54, 1.807) is 0 Å². The molecule has 1 unspecified atom stereocenters. The van der Waals surface area contributed by atoms with Crippen molar-refractivity contribution in [3.8, 4) is 0 Å². The molecular formula is C14H28N2O. The van der Waals surface area contributed by atoms with Crippen LogP contribution in [0.3, 0.4) is 0 Å². The van der Waals surface area contributed by atoms with Crippen LogP contribution >= 0.6 is 0 Å². The Morgan fingerprint density at radius 3 is 2.47 bits per heavy atom. The van der Waals surface area contributed by atoms with Gasteiger partial charge in [0.25, 0.3) is 0 Å². The largest absolute Gasteiger partial charge is 0.380 e. The van der Waals surface area contributed by atoms with Gasteiger partial charge >= 0.3 is 0 Å². The Kier molecular flexibility index (Phi) is 4.83. The highest BCUT2D eigenvalue weighted by molar-refractivity contribution is 4.87. The van der Waals surface area contributed by atoms with Gasteiger partial charge in [-0.15, -0.1) is 0 Å². The van der Waals surface area contributed by atoms with Crippen molar-refractivity contribution < 1.29 is 4.74 Å². The predicted octanol–water partition coefficient (Wildman–Crippen LogP) is 2.01. The van der Waals surface area contributed by atoms with Crippen molar-refractivity contribution in [2.45, 2.75) is 51.0 Å². The fourth-order valence-corrected chi connectivity index (χ4v) is 3.43. The Hall–Kier alpha value is -0.120. The van der Waals surface area contributed by atoms with Crippen molar-refractivity contribution in [2.75, 3.05) is 33.4 Å². The molecule has 17 heavy (non-hydrogen) atoms. The minimum absolute atomic E-state index is 0.383. The maximum atomic E-state index is 6.10. The van der Waals surface area contributed by atoms with Gasteiger partial charge in [-0.1, -0.05) is 25.7 Å². The Labute approximate surface area is 106 Å². The van der Waals surface area contributed by atoms with Gasteiger partial charge in [0.1, 0.15) is 0 Å². The van der Waals surface area contributed by atoms with E-state index in [4.69, 9.17) is 10.5 Å². The lowest BCUT2D eigenvalue weighted by Crippen LogP contribution is -2.45. The molecule has 3 nitrogen and oxygen atoms in total. The fraction of sp³-hybridized carbons (Fsp3) is 1.00. The lowest BCUT2D eigenvalue weighted by molar-refractivity contribution is 0.107. The molecule has 3 heteroatoms. The monoisotopic (exact) mass is 240 g/mol. The molecule has 1 heterocycles. The Bertz CT molecular complexity index is 218. The van der Waals surface area contributed by atoms with E-state index in [1.807, 2.05) is 0 Å². The lowest BCUT2D eigenvalue weighted by atomic mass is 9.79. The normalized spacial score (nSPS) is 29.5. The molecule has 0 amide bonds. The molecule has 0 aromatic carbocycles. The van der Waals surface area contributed by atoms with Crippen molar-refractivity contribution in [3.05, 3.63) is 0 Å². The molecule has 0 radical (unpaired) electrons. The van der Waals surface area contributed by atoms with Gasteiger partial charge in [-0.2, -0.15) is 0 Å². The van der Waals surface area contributed by atoms with Crippen LogP contribution in [0.5, 0.6) is 0 Å². The molecule has 1 atom stereocenters. The van der Waals surface area contributed by atoms with E-state index in [0.29, 0.717) is 11.5 Å². The van der Waals surface area contributed by atoms with Crippen LogP contribution in [0.4, 0.5) is 0 Å². The molecule has 1 saturated carbocycles. The van der Waals surface area contributed by atoms with Crippen LogP contribution in [0.1, 0.15) is 44.9 Å². The van der Waals surface area contributed by atoms with Gasteiger partial charge < -0.3 is 15.4 Å². The van der Waals surface area contributed by atoms with Crippen LogP contribution in [0, 0.1) is 5.41 Å². The summed E-state index contributed by atoms with van der Waals surface area (Å²) >= 11 is 0. The van der Waals surface area contributed by atoms with E-state index in [-0.39, 0.29) is 0 Å². The van der Waals surface area contributed by atoms with Gasteiger partial charge in [0.05, 0.1) is 6.61 Å². The summed E-state index contributed by atoms with van der Waals surface area (Å²) in [4.78, 5) is 2.51. The number of likely N-dealkylation sites (N-methyl/N-ethyl adjacent to an activating group) is 1. The molecule has 0 bridgehead atoms. The molecule has 0 aromatic heterocycles. The third kappa shape index (κ3) is 3.43. The van der Waals surface area contributed by atoms with Gasteiger partial charge in [-0.25, -0.2) is 0 Å². The average molecular weight is 240 g/mol. The zero-order valence-electron chi connectivity index (χ0n) is 11.3. The van der Waals surface area contributed by atoms with Crippen molar-refractivity contribution >= 4 is 0 Å². The molecule has 1 aliphatic carbocycles. The summed E-state index contributed by atoms with van der Waals surface area (Å²) in [6, 6.07) is 0.627. The molecule has 0 spiro atoms. The summed E-state index contributed by atoms with van der Waals surface area (Å²) in [6.07, 6.45) is 9.37. The van der Waals surface area contributed by atoms with Gasteiger partial charge in [0.2, 0.25) is 0 Å². The Morgan fingerprint density at radius 2 is 1.94 bits per heavy atom. The molecule has 2 N–H and O–H groups in total. The van der Waals surface area contributed by atoms with Crippen LogP contribution in [0.15, 0.2) is 0 Å². The minimum Gasteiger partial charge on any atom is -0.380 e. The highest BCUT2D eigenvalue weighted by atomic mass is 16.5. The van der Waals surface area contributed by atoms with Crippen LogP contribution in [0.2, 0.25) is 0 Å². The first-order valence-corrected chi connectivity index (χ1v) is 7.24. The molecular weight excluding hydrogens is 212 g/mol. The molecule has 100 valence electrons. The fourth-order valence-electron chi connectivity index (χ4n) is 3.43. The summed E-state index contributed by atoms with van der Waals surface area (Å²) in [6.45, 7) is 3.87. The van der Waals surface area contributed by atoms with E-state index in [0.717, 1.165) is 26.3 Å². The van der Waals surface area contributed by atoms with Crippen LogP contribution in [0.25, 0.3) is 0 Å². The van der Waals surface area contributed by atoms with E-state index in [2.05, 4.69) is 11.9 Å². The first-order valence-electron chi connectivity index (χ1n) is 7.24. The van der Waals surface area contributed by atoms with Crippen LogP contribution in [-0.2, 0) is 4.74 Å². The number of nitrogens with two attached hydrogens (primary N) is 1. The maximum Gasteiger partial charge on any atom is 0.0622 e. The number of hydrogen-bond acceptors (Lipinski definition) is 3. The first-order chi connectivity index (χ1) is 8.26. The molecule has 2 rings (SSSR count). The minimum atomic E-state index is 0.383. The standard InChI is InChI=1S/C14H28N2O/c1-16(13-6-9-17-10-13)12-14(11-15)7-4-2-3-5-8-14/h13H,2-12,15H2,1H3. The zero-order chi connectivity index (χ0) is 12.1. The average Bonchev–Trinajstić information content (AvgIpc) is 2.78. The summed E-state index contributed by atoms with van der Waals surface area (Å²) in [5.74, 6) is 0. The quantitative estimate of drug-likeness (QED) is 0.764. The van der Waals surface area contributed by atoms with Crippen LogP contribution in [-0.4, -0.2) is 44.3 Å². The summed E-state index contributed by atoms with van der Waals surface area (Å²) in [5, 5.41) is 0. The highest BCUT2D eigenvalue weighted by Gasteiger charge is 2.33. The van der Waals surface area contributed by atoms with Crippen molar-refractivity contribution in [2.24, 2.45) is 11.1 Å². The molecule has 1 saturated heterocycles. The third-order valence-electron chi connectivity index (χ3n) is 4.71. The van der Waals surface area contributed by atoms with Gasteiger partial charge in [0, 0.05) is 19.2 Å². The van der Waals surface area contributed by atoms with Crippen molar-refractivity contribution in [1.29, 1.82) is 0 Å². The molecule has 0 aromatic rings. The van der Waals surface area contributed by atoms with Gasteiger partial charge in [-0.3, -0.25) is 0 Å². The van der Waals surface area contributed by atoms with Gasteiger partial charge in [0.15, 0.2) is 0 Å². The van der Waals surface area contributed by atoms with Crippen LogP contribution < -0.4 is 5.73 Å². The molecule has 2 aliphatic rings. The maximum absolute atomic E-state index is 6.10. The van der Waals surface area contributed by atoms with E-state index >= 15 is 0 Å². The number of ether oxygens (including phenoxy) is 1. The molecule has 2 fully saturated rings. The first kappa shape index (κ1) is 13.3. The summed E-state index contributed by atoms with van der Waals surface area (Å²) < 4.78 is 5.49. The Morgan fingerprint density at radius 1 is 1.24 bits per heavy atom. The second-order valence-corrected chi connectivity index (χ2v) is 6.05. The van der Waals surface area contributed by atoms with Crippen molar-refractivity contribution in [3.63, 3.8) is 0 Å². The summed E-state index contributed by atoms with van der Waals surface area (Å²) in [5.41, 5.74) is 6.48. The highest BCUT2D eigenvalue weighted by Crippen LogP contribution is 2.35. The zero-order valence-corrected chi connectivity index (χ0v) is 11.3. The molecule has 1 aliphatic heterocycles. The van der Waals surface area contributed by atoms with E-state index in [1.165, 1.54) is 44.9 Å². The second kappa shape index (κ2) is 6.17. The smallest absolute Gasteiger partial charge is 0.0622 e.